The summed E-state index contributed by atoms with van der Waals surface area (Å²) in [5.41, 5.74) is -1.07. The fraction of sp³-hybridized carbons (Fsp3) is 0.471. The Kier molecular flexibility index (Phi) is 4.38. The van der Waals surface area contributed by atoms with Crippen molar-refractivity contribution in [3.05, 3.63) is 45.5 Å². The monoisotopic (exact) mass is 400 g/mol. The average Bonchev–Trinajstić information content (AvgIpc) is 2.88. The second-order valence-electron chi connectivity index (χ2n) is 6.88. The summed E-state index contributed by atoms with van der Waals surface area (Å²) in [6.45, 7) is 0. The van der Waals surface area contributed by atoms with E-state index < -0.39 is 17.3 Å². The van der Waals surface area contributed by atoms with Crippen molar-refractivity contribution in [2.75, 3.05) is 4.90 Å². The van der Waals surface area contributed by atoms with Gasteiger partial charge in [-0.2, -0.15) is 23.0 Å². The largest absolute Gasteiger partial charge is 0.417 e. The van der Waals surface area contributed by atoms with Gasteiger partial charge in [-0.3, -0.25) is 4.79 Å². The molecular formula is C17H16ClF3N4O2. The maximum atomic E-state index is 12.7. The number of hydrogen-bond acceptors (Lipinski definition) is 5. The van der Waals surface area contributed by atoms with E-state index in [-0.39, 0.29) is 29.0 Å². The molecule has 144 valence electrons. The van der Waals surface area contributed by atoms with Gasteiger partial charge in [-0.15, -0.1) is 0 Å². The van der Waals surface area contributed by atoms with Crippen LogP contribution in [0.5, 0.6) is 0 Å². The van der Waals surface area contributed by atoms with Gasteiger partial charge in [0.25, 0.3) is 5.56 Å². The maximum Gasteiger partial charge on any atom is 0.417 e. The Morgan fingerprint density at radius 1 is 1.15 bits per heavy atom. The molecule has 2 fully saturated rings. The van der Waals surface area contributed by atoms with E-state index in [1.54, 1.807) is 0 Å². The van der Waals surface area contributed by atoms with Crippen LogP contribution in [0.25, 0.3) is 5.82 Å². The highest BCUT2D eigenvalue weighted by Gasteiger charge is 2.41. The third kappa shape index (κ3) is 3.19. The molecule has 6 nitrogen and oxygen atoms in total. The van der Waals surface area contributed by atoms with Crippen LogP contribution in [0, 0.1) is 0 Å². The number of hydrogen-bond donors (Lipinski definition) is 1. The van der Waals surface area contributed by atoms with Gasteiger partial charge in [0.15, 0.2) is 5.82 Å². The van der Waals surface area contributed by atoms with Gasteiger partial charge in [-0.1, -0.05) is 11.6 Å². The summed E-state index contributed by atoms with van der Waals surface area (Å²) in [6, 6.07) is 2.11. The molecule has 2 aliphatic rings. The molecule has 0 spiro atoms. The van der Waals surface area contributed by atoms with Crippen molar-refractivity contribution >= 4 is 17.3 Å². The fourth-order valence-corrected chi connectivity index (χ4v) is 4.21. The number of alkyl halides is 3. The molecule has 2 saturated heterocycles. The maximum absolute atomic E-state index is 12.7. The Hall–Kier alpha value is -2.13. The molecule has 10 heteroatoms. The molecule has 0 aliphatic carbocycles. The standard InChI is InChI=1S/C17H16ClF3N4O2/c18-15-13(24-10-2-3-11(24)6-12(26)5-10)8-23-25(16(15)27)14-4-1-9(7-22-14)17(19,20)21/h1,4,7-8,10-12,26H,2-3,5-6H2. The van der Waals surface area contributed by atoms with E-state index in [4.69, 9.17) is 11.6 Å². The van der Waals surface area contributed by atoms with Crippen LogP contribution in [0.15, 0.2) is 29.3 Å². The summed E-state index contributed by atoms with van der Waals surface area (Å²) >= 11 is 6.29. The van der Waals surface area contributed by atoms with E-state index in [1.807, 2.05) is 4.90 Å². The van der Waals surface area contributed by atoms with Gasteiger partial charge >= 0.3 is 6.18 Å². The van der Waals surface area contributed by atoms with Crippen LogP contribution in [-0.2, 0) is 6.18 Å². The summed E-state index contributed by atoms with van der Waals surface area (Å²) in [7, 11) is 0. The van der Waals surface area contributed by atoms with Gasteiger partial charge in [0, 0.05) is 18.3 Å². The number of nitrogens with zero attached hydrogens (tertiary/aromatic N) is 4. The molecule has 0 saturated carbocycles. The number of piperidine rings is 1. The van der Waals surface area contributed by atoms with Crippen LogP contribution >= 0.6 is 11.6 Å². The van der Waals surface area contributed by atoms with Gasteiger partial charge < -0.3 is 10.0 Å². The Labute approximate surface area is 157 Å². The van der Waals surface area contributed by atoms with Crippen molar-refractivity contribution in [2.24, 2.45) is 0 Å². The molecule has 1 N–H and O–H groups in total. The van der Waals surface area contributed by atoms with E-state index in [2.05, 4.69) is 10.1 Å². The topological polar surface area (TPSA) is 71.2 Å². The first-order valence-electron chi connectivity index (χ1n) is 8.53. The Bertz CT molecular complexity index is 902. The van der Waals surface area contributed by atoms with Gasteiger partial charge in [0.05, 0.1) is 23.6 Å². The number of aliphatic hydroxyl groups excluding tert-OH is 1. The minimum absolute atomic E-state index is 0.0431. The first-order valence-corrected chi connectivity index (χ1v) is 8.91. The summed E-state index contributed by atoms with van der Waals surface area (Å²) < 4.78 is 38.9. The Morgan fingerprint density at radius 2 is 1.81 bits per heavy atom. The van der Waals surface area contributed by atoms with Crippen molar-refractivity contribution in [1.82, 2.24) is 14.8 Å². The van der Waals surface area contributed by atoms with Crippen LogP contribution in [0.3, 0.4) is 0 Å². The number of pyridine rings is 1. The van der Waals surface area contributed by atoms with Gasteiger partial charge in [0.2, 0.25) is 0 Å². The third-order valence-corrected chi connectivity index (χ3v) is 5.53. The van der Waals surface area contributed by atoms with Crippen LogP contribution in [0.4, 0.5) is 18.9 Å². The highest BCUT2D eigenvalue weighted by molar-refractivity contribution is 6.33. The molecule has 4 rings (SSSR count). The lowest BCUT2D eigenvalue weighted by atomic mass is 9.99. The summed E-state index contributed by atoms with van der Waals surface area (Å²) in [5, 5.41) is 13.9. The van der Waals surface area contributed by atoms with Crippen LogP contribution < -0.4 is 10.5 Å². The predicted octanol–water partition coefficient (Wildman–Crippen LogP) is 2.79. The minimum atomic E-state index is -4.51. The zero-order valence-electron chi connectivity index (χ0n) is 14.0. The molecular weight excluding hydrogens is 385 g/mol. The number of rotatable bonds is 2. The molecule has 2 aromatic rings. The van der Waals surface area contributed by atoms with E-state index in [0.29, 0.717) is 24.7 Å². The quantitative estimate of drug-likeness (QED) is 0.839. The molecule has 2 unspecified atom stereocenters. The number of anilines is 1. The minimum Gasteiger partial charge on any atom is -0.393 e. The highest BCUT2D eigenvalue weighted by atomic mass is 35.5. The molecule has 0 radical (unpaired) electrons. The van der Waals surface area contributed by atoms with E-state index in [0.717, 1.165) is 29.7 Å². The summed E-state index contributed by atoms with van der Waals surface area (Å²) in [5.74, 6) is -0.0431. The van der Waals surface area contributed by atoms with Crippen molar-refractivity contribution in [3.63, 3.8) is 0 Å². The van der Waals surface area contributed by atoms with Gasteiger partial charge in [-0.05, 0) is 37.8 Å². The lowest BCUT2D eigenvalue weighted by Crippen LogP contribution is -2.45. The first kappa shape index (κ1) is 18.2. The zero-order valence-corrected chi connectivity index (χ0v) is 14.8. The molecule has 4 heterocycles. The van der Waals surface area contributed by atoms with Gasteiger partial charge in [-0.25, -0.2) is 4.98 Å². The van der Waals surface area contributed by atoms with Crippen molar-refractivity contribution in [2.45, 2.75) is 50.0 Å². The molecule has 27 heavy (non-hydrogen) atoms. The lowest BCUT2D eigenvalue weighted by molar-refractivity contribution is -0.137. The highest BCUT2D eigenvalue weighted by Crippen LogP contribution is 2.40. The first-order chi connectivity index (χ1) is 12.8. The molecule has 2 bridgehead atoms. The molecule has 0 aromatic carbocycles. The summed E-state index contributed by atoms with van der Waals surface area (Å²) in [4.78, 5) is 18.4. The second-order valence-corrected chi connectivity index (χ2v) is 7.26. The van der Waals surface area contributed by atoms with Crippen molar-refractivity contribution in [3.8, 4) is 5.82 Å². The van der Waals surface area contributed by atoms with E-state index >= 15 is 0 Å². The number of fused-ring (bicyclic) bond motifs is 2. The predicted molar refractivity (Wildman–Crippen MR) is 92.2 cm³/mol. The van der Waals surface area contributed by atoms with E-state index in [1.165, 1.54) is 6.20 Å². The lowest BCUT2D eigenvalue weighted by Gasteiger charge is -2.39. The molecule has 2 aliphatic heterocycles. The van der Waals surface area contributed by atoms with Crippen LogP contribution in [0.2, 0.25) is 5.02 Å². The zero-order chi connectivity index (χ0) is 19.3. The molecule has 0 amide bonds. The van der Waals surface area contributed by atoms with Gasteiger partial charge in [0.1, 0.15) is 5.02 Å². The smallest absolute Gasteiger partial charge is 0.393 e. The number of aliphatic hydroxyl groups is 1. The van der Waals surface area contributed by atoms with Crippen LogP contribution in [-0.4, -0.2) is 38.1 Å². The Balaban J connectivity index is 1.68. The molecule has 2 aromatic heterocycles. The SMILES string of the molecule is O=c1c(Cl)c(N2C3CCC2CC(O)C3)cnn1-c1ccc(C(F)(F)F)cn1. The average molecular weight is 401 g/mol. The second kappa shape index (κ2) is 6.49. The van der Waals surface area contributed by atoms with Crippen LogP contribution in [0.1, 0.15) is 31.2 Å². The van der Waals surface area contributed by atoms with E-state index in [9.17, 15) is 23.1 Å². The molecule has 2 atom stereocenters. The normalized spacial score (nSPS) is 25.1. The van der Waals surface area contributed by atoms with Crippen molar-refractivity contribution in [1.29, 1.82) is 0 Å². The number of halogens is 4. The number of aromatic nitrogens is 3. The Morgan fingerprint density at radius 3 is 2.37 bits per heavy atom. The van der Waals surface area contributed by atoms with Crippen molar-refractivity contribution < 1.29 is 18.3 Å². The fourth-order valence-electron chi connectivity index (χ4n) is 3.99. The summed E-state index contributed by atoms with van der Waals surface area (Å²) in [6.07, 6.45) is 0.241. The third-order valence-electron chi connectivity index (χ3n) is 5.18.